The SMILES string of the molecule is COc1ccc(-c2nn(C(c3cc4scc(C)n4c(=O)c3-c3ccccc3)C3CC3)c3ncnc(N)c23)cc1NS(C)(=O)=O. The van der Waals surface area contributed by atoms with Gasteiger partial charge < -0.3 is 10.5 Å². The molecule has 7 rings (SSSR count). The van der Waals surface area contributed by atoms with Crippen LogP contribution in [0.3, 0.4) is 0 Å². The first-order valence-electron chi connectivity index (χ1n) is 14.0. The van der Waals surface area contributed by atoms with Crippen LogP contribution in [0.25, 0.3) is 38.2 Å². The molecule has 11 nitrogen and oxygen atoms in total. The molecule has 0 saturated heterocycles. The van der Waals surface area contributed by atoms with E-state index in [-0.39, 0.29) is 29.0 Å². The Kier molecular flexibility index (Phi) is 6.66. The van der Waals surface area contributed by atoms with Crippen LogP contribution in [-0.4, -0.2) is 45.9 Å². The maximum atomic E-state index is 14.2. The summed E-state index contributed by atoms with van der Waals surface area (Å²) < 4.78 is 35.8. The molecular formula is C31H29N7O4S2. The zero-order valence-corrected chi connectivity index (χ0v) is 25.8. The lowest BCUT2D eigenvalue weighted by Gasteiger charge is -2.22. The number of aromatic nitrogens is 5. The Morgan fingerprint density at radius 2 is 1.86 bits per heavy atom. The number of nitrogens with two attached hydrogens (primary N) is 1. The number of benzene rings is 2. The molecular weight excluding hydrogens is 599 g/mol. The maximum absolute atomic E-state index is 14.2. The summed E-state index contributed by atoms with van der Waals surface area (Å²) in [6.45, 7) is 1.94. The molecule has 2 aromatic carbocycles. The van der Waals surface area contributed by atoms with Crippen LogP contribution in [0.2, 0.25) is 0 Å². The van der Waals surface area contributed by atoms with Crippen molar-refractivity contribution < 1.29 is 13.2 Å². The number of nitrogen functional groups attached to an aromatic ring is 1. The van der Waals surface area contributed by atoms with Gasteiger partial charge in [-0.25, -0.2) is 23.1 Å². The van der Waals surface area contributed by atoms with Crippen molar-refractivity contribution in [2.24, 2.45) is 5.92 Å². The van der Waals surface area contributed by atoms with Crippen molar-refractivity contribution in [3.05, 3.63) is 87.9 Å². The van der Waals surface area contributed by atoms with E-state index in [1.807, 2.05) is 47.3 Å². The standard InChI is InChI=1S/C31H29N7O4S2/c1-17-15-43-24-14-21(25(31(39)37(17)24)18-7-5-4-6-8-18)28(19-9-10-19)38-30-26(29(32)33-16-34-30)27(35-38)20-11-12-23(42-2)22(13-20)36-44(3,40)41/h4-8,11-16,19,28,36H,9-10H2,1-3H3,(H2,32,33,34). The summed E-state index contributed by atoms with van der Waals surface area (Å²) in [5, 5.41) is 7.64. The summed E-state index contributed by atoms with van der Waals surface area (Å²) in [6, 6.07) is 16.6. The maximum Gasteiger partial charge on any atom is 0.264 e. The molecule has 0 aliphatic heterocycles. The normalized spacial score (nSPS) is 14.2. The van der Waals surface area contributed by atoms with E-state index in [0.29, 0.717) is 33.6 Å². The van der Waals surface area contributed by atoms with Crippen molar-refractivity contribution in [1.82, 2.24) is 24.1 Å². The van der Waals surface area contributed by atoms with Crippen LogP contribution >= 0.6 is 11.3 Å². The van der Waals surface area contributed by atoms with Gasteiger partial charge in [0.15, 0.2) is 5.65 Å². The van der Waals surface area contributed by atoms with Crippen LogP contribution in [0.4, 0.5) is 11.5 Å². The van der Waals surface area contributed by atoms with Gasteiger partial charge in [0, 0.05) is 16.6 Å². The van der Waals surface area contributed by atoms with Crippen LogP contribution in [0, 0.1) is 12.8 Å². The Balaban J connectivity index is 1.50. The number of pyridine rings is 1. The number of rotatable bonds is 8. The van der Waals surface area contributed by atoms with Crippen LogP contribution < -0.4 is 20.8 Å². The van der Waals surface area contributed by atoms with Gasteiger partial charge in [-0.1, -0.05) is 30.3 Å². The number of fused-ring (bicyclic) bond motifs is 2. The first kappa shape index (κ1) is 28.0. The number of methoxy groups -OCH3 is 1. The Morgan fingerprint density at radius 1 is 1.09 bits per heavy atom. The van der Waals surface area contributed by atoms with Crippen molar-refractivity contribution in [2.75, 3.05) is 23.8 Å². The second kappa shape index (κ2) is 10.5. The highest BCUT2D eigenvalue weighted by Crippen LogP contribution is 2.48. The lowest BCUT2D eigenvalue weighted by molar-refractivity contribution is 0.417. The second-order valence-electron chi connectivity index (χ2n) is 11.0. The van der Waals surface area contributed by atoms with Gasteiger partial charge in [-0.05, 0) is 61.1 Å². The van der Waals surface area contributed by atoms with E-state index in [4.69, 9.17) is 15.6 Å². The zero-order valence-electron chi connectivity index (χ0n) is 24.2. The minimum absolute atomic E-state index is 0.0782. The fraction of sp³-hybridized carbons (Fsp3) is 0.226. The van der Waals surface area contributed by atoms with E-state index < -0.39 is 10.0 Å². The number of thiazole rings is 1. The third kappa shape index (κ3) is 4.77. The van der Waals surface area contributed by atoms with Gasteiger partial charge >= 0.3 is 0 Å². The van der Waals surface area contributed by atoms with Crippen molar-refractivity contribution in [3.63, 3.8) is 0 Å². The van der Waals surface area contributed by atoms with Gasteiger partial charge in [-0.15, -0.1) is 11.3 Å². The first-order chi connectivity index (χ1) is 21.1. The summed E-state index contributed by atoms with van der Waals surface area (Å²) in [6.07, 6.45) is 4.41. The molecule has 0 spiro atoms. The first-order valence-corrected chi connectivity index (χ1v) is 16.8. The number of ether oxygens (including phenoxy) is 1. The Bertz CT molecular complexity index is 2240. The molecule has 0 radical (unpaired) electrons. The molecule has 0 amide bonds. The van der Waals surface area contributed by atoms with Gasteiger partial charge in [0.25, 0.3) is 5.56 Å². The van der Waals surface area contributed by atoms with E-state index in [1.165, 1.54) is 24.8 Å². The molecule has 1 aliphatic carbocycles. The van der Waals surface area contributed by atoms with E-state index >= 15 is 0 Å². The molecule has 1 aliphatic rings. The molecule has 1 saturated carbocycles. The second-order valence-corrected chi connectivity index (χ2v) is 13.7. The lowest BCUT2D eigenvalue weighted by atomic mass is 9.93. The fourth-order valence-electron chi connectivity index (χ4n) is 5.88. The quantitative estimate of drug-likeness (QED) is 0.237. The van der Waals surface area contributed by atoms with Gasteiger partial charge in [-0.2, -0.15) is 5.10 Å². The smallest absolute Gasteiger partial charge is 0.264 e. The predicted molar refractivity (Wildman–Crippen MR) is 173 cm³/mol. The lowest BCUT2D eigenvalue weighted by Crippen LogP contribution is -2.23. The van der Waals surface area contributed by atoms with Crippen molar-refractivity contribution in [2.45, 2.75) is 25.8 Å². The Labute approximate surface area is 257 Å². The molecule has 3 N–H and O–H groups in total. The van der Waals surface area contributed by atoms with E-state index in [0.717, 1.165) is 40.7 Å². The topological polar surface area (TPSA) is 146 Å². The number of anilines is 2. The van der Waals surface area contributed by atoms with E-state index in [2.05, 4.69) is 20.8 Å². The summed E-state index contributed by atoms with van der Waals surface area (Å²) in [7, 11) is -2.12. The van der Waals surface area contributed by atoms with Crippen LogP contribution in [0.1, 0.15) is 30.1 Å². The summed E-state index contributed by atoms with van der Waals surface area (Å²) in [5.41, 5.74) is 11.5. The van der Waals surface area contributed by atoms with Gasteiger partial charge in [0.1, 0.15) is 28.4 Å². The number of nitrogens with one attached hydrogen (secondary N) is 1. The largest absolute Gasteiger partial charge is 0.495 e. The van der Waals surface area contributed by atoms with E-state index in [9.17, 15) is 13.2 Å². The number of hydrogen-bond donors (Lipinski definition) is 2. The van der Waals surface area contributed by atoms with E-state index in [1.54, 1.807) is 22.6 Å². The molecule has 1 atom stereocenters. The summed E-state index contributed by atoms with van der Waals surface area (Å²) in [4.78, 5) is 24.0. The molecule has 4 aromatic heterocycles. The number of nitrogens with zero attached hydrogens (tertiary/aromatic N) is 5. The van der Waals surface area contributed by atoms with Crippen molar-refractivity contribution in [1.29, 1.82) is 0 Å². The third-order valence-electron chi connectivity index (χ3n) is 7.91. The molecule has 224 valence electrons. The molecule has 13 heteroatoms. The molecule has 6 aromatic rings. The minimum Gasteiger partial charge on any atom is -0.495 e. The summed E-state index contributed by atoms with van der Waals surface area (Å²) >= 11 is 1.53. The highest BCUT2D eigenvalue weighted by molar-refractivity contribution is 7.92. The molecule has 4 heterocycles. The Hall–Kier alpha value is -4.75. The van der Waals surface area contributed by atoms with Gasteiger partial charge in [0.05, 0.1) is 36.0 Å². The number of hydrogen-bond acceptors (Lipinski definition) is 9. The average molecular weight is 628 g/mol. The zero-order chi connectivity index (χ0) is 30.7. The highest BCUT2D eigenvalue weighted by atomic mass is 32.2. The summed E-state index contributed by atoms with van der Waals surface area (Å²) in [5.74, 6) is 0.813. The van der Waals surface area contributed by atoms with Crippen LogP contribution in [-0.2, 0) is 10.0 Å². The molecule has 44 heavy (non-hydrogen) atoms. The van der Waals surface area contributed by atoms with Crippen molar-refractivity contribution >= 4 is 48.7 Å². The molecule has 1 fully saturated rings. The Morgan fingerprint density at radius 3 is 2.57 bits per heavy atom. The van der Waals surface area contributed by atoms with Gasteiger partial charge in [0.2, 0.25) is 10.0 Å². The molecule has 1 unspecified atom stereocenters. The molecule has 0 bridgehead atoms. The number of sulfonamides is 1. The van der Waals surface area contributed by atoms with Crippen molar-refractivity contribution in [3.8, 4) is 28.1 Å². The third-order valence-corrected chi connectivity index (χ3v) is 9.50. The van der Waals surface area contributed by atoms with Crippen LogP contribution in [0.15, 0.2) is 71.1 Å². The predicted octanol–water partition coefficient (Wildman–Crippen LogP) is 5.10. The number of aryl methyl sites for hydroxylation is 1. The average Bonchev–Trinajstić information content (AvgIpc) is 3.65. The highest BCUT2D eigenvalue weighted by Gasteiger charge is 2.39. The monoisotopic (exact) mass is 627 g/mol. The van der Waals surface area contributed by atoms with Crippen LogP contribution in [0.5, 0.6) is 5.75 Å². The fourth-order valence-corrected chi connectivity index (χ4v) is 7.36. The van der Waals surface area contributed by atoms with Gasteiger partial charge in [-0.3, -0.25) is 13.9 Å². The minimum atomic E-state index is -3.59.